The summed E-state index contributed by atoms with van der Waals surface area (Å²) in [6.45, 7) is 0. The number of nitrogens with one attached hydrogen (secondary N) is 1. The summed E-state index contributed by atoms with van der Waals surface area (Å²) in [5.74, 6) is 0.528. The van der Waals surface area contributed by atoms with Gasteiger partial charge in [0, 0.05) is 39.7 Å². The van der Waals surface area contributed by atoms with Crippen molar-refractivity contribution in [2.24, 2.45) is 0 Å². The first-order valence-electron chi connectivity index (χ1n) is 8.47. The number of hydrogen-bond donors (Lipinski definition) is 1. The van der Waals surface area contributed by atoms with Gasteiger partial charge in [0.15, 0.2) is 0 Å². The van der Waals surface area contributed by atoms with Gasteiger partial charge in [-0.1, -0.05) is 24.3 Å². The number of fused-ring (bicyclic) bond motifs is 1. The Morgan fingerprint density at radius 2 is 2.00 bits per heavy atom. The highest BCUT2D eigenvalue weighted by Gasteiger charge is 2.21. The lowest BCUT2D eigenvalue weighted by molar-refractivity contribution is -0.121. The highest BCUT2D eigenvalue weighted by Crippen LogP contribution is 2.28. The molecule has 0 saturated carbocycles. The lowest BCUT2D eigenvalue weighted by Crippen LogP contribution is -2.30. The molecule has 0 aliphatic heterocycles. The molecule has 0 aliphatic carbocycles. The average Bonchev–Trinajstić information content (AvgIpc) is 3.12. The molecule has 1 aromatic carbocycles. The Bertz CT molecular complexity index is 1030. The Kier molecular flexibility index (Phi) is 4.98. The zero-order valence-corrected chi connectivity index (χ0v) is 15.9. The summed E-state index contributed by atoms with van der Waals surface area (Å²) in [7, 11) is 0. The molecule has 4 aromatic rings. The largest absolute Gasteiger partial charge is 0.459 e. The molecule has 134 valence electrons. The van der Waals surface area contributed by atoms with Crippen molar-refractivity contribution in [3.05, 3.63) is 94.7 Å². The second kappa shape index (κ2) is 7.72. The normalized spacial score (nSPS) is 12.0. The van der Waals surface area contributed by atoms with Crippen molar-refractivity contribution in [1.29, 1.82) is 0 Å². The summed E-state index contributed by atoms with van der Waals surface area (Å²) in [4.78, 5) is 21.1. The van der Waals surface area contributed by atoms with Gasteiger partial charge in [-0.3, -0.25) is 14.8 Å². The molecule has 0 saturated heterocycles. The molecule has 0 bridgehead atoms. The minimum atomic E-state index is -0.422. The fourth-order valence-electron chi connectivity index (χ4n) is 2.90. The second-order valence-corrected chi connectivity index (χ2v) is 7.03. The van der Waals surface area contributed by atoms with Crippen LogP contribution in [0.2, 0.25) is 0 Å². The number of halogens is 1. The zero-order valence-electron chi connectivity index (χ0n) is 14.3. The first-order valence-corrected chi connectivity index (χ1v) is 9.26. The minimum absolute atomic E-state index is 0.140. The monoisotopic (exact) mass is 421 g/mol. The molecule has 0 fully saturated rings. The molecule has 3 heterocycles. The Morgan fingerprint density at radius 3 is 2.74 bits per heavy atom. The molecule has 6 heteroatoms. The number of rotatable bonds is 5. The van der Waals surface area contributed by atoms with Crippen LogP contribution in [0, 0.1) is 0 Å². The van der Waals surface area contributed by atoms with Crippen molar-refractivity contribution in [3.63, 3.8) is 0 Å². The third-order valence-electron chi connectivity index (χ3n) is 4.18. The van der Waals surface area contributed by atoms with Gasteiger partial charge in [-0.25, -0.2) is 0 Å². The standard InChI is InChI=1S/C21H16BrN3O2/c22-16-7-8-17(24-13-16)11-20(26)25-21(15-5-3-9-23-12-15)19-10-14-4-1-2-6-18(14)27-19/h1-10,12-13,21H,11H2,(H,25,26). The van der Waals surface area contributed by atoms with E-state index in [-0.39, 0.29) is 12.3 Å². The zero-order chi connectivity index (χ0) is 18.6. The van der Waals surface area contributed by atoms with Gasteiger partial charge in [-0.05, 0) is 46.3 Å². The molecule has 5 nitrogen and oxygen atoms in total. The molecule has 1 atom stereocenters. The van der Waals surface area contributed by atoms with Crippen LogP contribution in [0.4, 0.5) is 0 Å². The highest BCUT2D eigenvalue weighted by atomic mass is 79.9. The van der Waals surface area contributed by atoms with Crippen LogP contribution in [0.3, 0.4) is 0 Å². The van der Waals surface area contributed by atoms with E-state index in [0.29, 0.717) is 11.5 Å². The van der Waals surface area contributed by atoms with Gasteiger partial charge in [0.1, 0.15) is 17.4 Å². The van der Waals surface area contributed by atoms with Crippen molar-refractivity contribution in [3.8, 4) is 0 Å². The molecule has 27 heavy (non-hydrogen) atoms. The van der Waals surface area contributed by atoms with Crippen molar-refractivity contribution in [2.75, 3.05) is 0 Å². The number of carbonyl (C=O) groups excluding carboxylic acids is 1. The van der Waals surface area contributed by atoms with E-state index >= 15 is 0 Å². The molecule has 0 radical (unpaired) electrons. The lowest BCUT2D eigenvalue weighted by Gasteiger charge is -2.16. The third kappa shape index (κ3) is 4.06. The van der Waals surface area contributed by atoms with Gasteiger partial charge in [0.25, 0.3) is 0 Å². The molecule has 1 amide bonds. The fraction of sp³-hybridized carbons (Fsp3) is 0.0952. The van der Waals surface area contributed by atoms with E-state index in [1.807, 2.05) is 54.6 Å². The van der Waals surface area contributed by atoms with Gasteiger partial charge in [-0.2, -0.15) is 0 Å². The quantitative estimate of drug-likeness (QED) is 0.517. The van der Waals surface area contributed by atoms with Gasteiger partial charge in [0.05, 0.1) is 6.42 Å². The first kappa shape index (κ1) is 17.4. The lowest BCUT2D eigenvalue weighted by atomic mass is 10.1. The number of amides is 1. The predicted molar refractivity (Wildman–Crippen MR) is 106 cm³/mol. The van der Waals surface area contributed by atoms with Crippen molar-refractivity contribution in [1.82, 2.24) is 15.3 Å². The molecular weight excluding hydrogens is 406 g/mol. The van der Waals surface area contributed by atoms with Crippen LogP contribution in [0.5, 0.6) is 0 Å². The summed E-state index contributed by atoms with van der Waals surface area (Å²) < 4.78 is 6.86. The van der Waals surface area contributed by atoms with Gasteiger partial charge in [0.2, 0.25) is 5.91 Å². The molecular formula is C21H16BrN3O2. The Labute approximate surface area is 164 Å². The number of aromatic nitrogens is 2. The molecule has 1 unspecified atom stereocenters. The van der Waals surface area contributed by atoms with E-state index in [1.165, 1.54) is 0 Å². The van der Waals surface area contributed by atoms with Crippen LogP contribution in [-0.4, -0.2) is 15.9 Å². The maximum absolute atomic E-state index is 12.6. The van der Waals surface area contributed by atoms with E-state index in [4.69, 9.17) is 4.42 Å². The van der Waals surface area contributed by atoms with Gasteiger partial charge < -0.3 is 9.73 Å². The van der Waals surface area contributed by atoms with Crippen LogP contribution in [-0.2, 0) is 11.2 Å². The molecule has 0 spiro atoms. The number of furan rings is 1. The van der Waals surface area contributed by atoms with Crippen LogP contribution in [0.15, 0.2) is 82.1 Å². The Balaban J connectivity index is 1.62. The third-order valence-corrected chi connectivity index (χ3v) is 4.65. The van der Waals surface area contributed by atoms with E-state index in [2.05, 4.69) is 31.2 Å². The number of carbonyl (C=O) groups is 1. The molecule has 4 rings (SSSR count). The Morgan fingerprint density at radius 1 is 1.11 bits per heavy atom. The van der Waals surface area contributed by atoms with Gasteiger partial charge >= 0.3 is 0 Å². The van der Waals surface area contributed by atoms with E-state index in [1.54, 1.807) is 18.6 Å². The predicted octanol–water partition coefficient (Wildman–Crippen LogP) is 4.43. The first-order chi connectivity index (χ1) is 13.2. The number of hydrogen-bond acceptors (Lipinski definition) is 4. The van der Waals surface area contributed by atoms with Crippen LogP contribution >= 0.6 is 15.9 Å². The van der Waals surface area contributed by atoms with Crippen molar-refractivity contribution < 1.29 is 9.21 Å². The molecule has 0 aliphatic rings. The summed E-state index contributed by atoms with van der Waals surface area (Å²) in [5, 5.41) is 4.04. The number of pyridine rings is 2. The van der Waals surface area contributed by atoms with Crippen LogP contribution < -0.4 is 5.32 Å². The molecule has 3 aromatic heterocycles. The summed E-state index contributed by atoms with van der Waals surface area (Å²) in [6.07, 6.45) is 5.30. The number of para-hydroxylation sites is 1. The number of nitrogens with zero attached hydrogens (tertiary/aromatic N) is 2. The number of benzene rings is 1. The van der Waals surface area contributed by atoms with Crippen molar-refractivity contribution >= 4 is 32.8 Å². The summed E-state index contributed by atoms with van der Waals surface area (Å²) >= 11 is 3.35. The van der Waals surface area contributed by atoms with Crippen LogP contribution in [0.25, 0.3) is 11.0 Å². The summed E-state index contributed by atoms with van der Waals surface area (Å²) in [6, 6.07) is 16.8. The topological polar surface area (TPSA) is 68.0 Å². The smallest absolute Gasteiger partial charge is 0.226 e. The minimum Gasteiger partial charge on any atom is -0.459 e. The maximum atomic E-state index is 12.6. The van der Waals surface area contributed by atoms with Crippen LogP contribution in [0.1, 0.15) is 23.1 Å². The SMILES string of the molecule is O=C(Cc1ccc(Br)cn1)NC(c1cccnc1)c1cc2ccccc2o1. The van der Waals surface area contributed by atoms with E-state index in [9.17, 15) is 4.79 Å². The van der Waals surface area contributed by atoms with E-state index < -0.39 is 6.04 Å². The van der Waals surface area contributed by atoms with Crippen molar-refractivity contribution in [2.45, 2.75) is 12.5 Å². The Hall–Kier alpha value is -2.99. The van der Waals surface area contributed by atoms with Gasteiger partial charge in [-0.15, -0.1) is 0 Å². The molecule has 1 N–H and O–H groups in total. The average molecular weight is 422 g/mol. The van der Waals surface area contributed by atoms with E-state index in [0.717, 1.165) is 21.0 Å². The second-order valence-electron chi connectivity index (χ2n) is 6.12. The maximum Gasteiger partial charge on any atom is 0.226 e. The fourth-order valence-corrected chi connectivity index (χ4v) is 3.13. The highest BCUT2D eigenvalue weighted by molar-refractivity contribution is 9.10. The summed E-state index contributed by atoms with van der Waals surface area (Å²) in [5.41, 5.74) is 2.34.